The molecule has 2 rings (SSSR count). The lowest BCUT2D eigenvalue weighted by atomic mass is 10.2. The number of nitrogens with zero attached hydrogens (tertiary/aromatic N) is 2. The molecule has 1 amide bonds. The van der Waals surface area contributed by atoms with Gasteiger partial charge in [-0.2, -0.15) is 0 Å². The van der Waals surface area contributed by atoms with Crippen LogP contribution in [-0.2, 0) is 0 Å². The molecule has 82 valence electrons. The number of amides is 1. The first-order valence-corrected chi connectivity index (χ1v) is 4.70. The topological polar surface area (TPSA) is 49.0 Å². The van der Waals surface area contributed by atoms with E-state index in [1.807, 2.05) is 0 Å². The van der Waals surface area contributed by atoms with E-state index in [1.54, 1.807) is 19.2 Å². The molecule has 1 aromatic carbocycles. The molecule has 0 bridgehead atoms. The number of hydrogen-bond acceptors (Lipinski definition) is 2. The smallest absolute Gasteiger partial charge is 0.276 e. The molecule has 4 nitrogen and oxygen atoms in total. The van der Waals surface area contributed by atoms with Crippen LogP contribution >= 0.6 is 0 Å². The second kappa shape index (κ2) is 4.14. The van der Waals surface area contributed by atoms with Crippen molar-refractivity contribution in [2.45, 2.75) is 0 Å². The van der Waals surface area contributed by atoms with Gasteiger partial charge in [-0.25, -0.2) is 9.37 Å². The van der Waals surface area contributed by atoms with E-state index in [4.69, 9.17) is 0 Å². The Kier molecular flexibility index (Phi) is 2.68. The van der Waals surface area contributed by atoms with E-state index >= 15 is 0 Å². The van der Waals surface area contributed by atoms with Crippen molar-refractivity contribution in [1.82, 2.24) is 9.97 Å². The van der Waals surface area contributed by atoms with Crippen molar-refractivity contribution in [2.75, 3.05) is 11.9 Å². The monoisotopic (exact) mass is 219 g/mol. The molecule has 0 aliphatic heterocycles. The second-order valence-electron chi connectivity index (χ2n) is 3.31. The Morgan fingerprint density at radius 3 is 2.62 bits per heavy atom. The van der Waals surface area contributed by atoms with Crippen molar-refractivity contribution in [1.29, 1.82) is 0 Å². The lowest BCUT2D eigenvalue weighted by Crippen LogP contribution is -2.26. The molecule has 16 heavy (non-hydrogen) atoms. The van der Waals surface area contributed by atoms with Crippen molar-refractivity contribution >= 4 is 11.6 Å². The van der Waals surface area contributed by atoms with Crippen molar-refractivity contribution in [3.63, 3.8) is 0 Å². The van der Waals surface area contributed by atoms with Gasteiger partial charge in [-0.15, -0.1) is 0 Å². The fourth-order valence-corrected chi connectivity index (χ4v) is 1.34. The predicted molar refractivity (Wildman–Crippen MR) is 57.7 cm³/mol. The summed E-state index contributed by atoms with van der Waals surface area (Å²) in [5.41, 5.74) is 1.02. The van der Waals surface area contributed by atoms with Crippen molar-refractivity contribution in [3.05, 3.63) is 48.3 Å². The Morgan fingerprint density at radius 1 is 1.38 bits per heavy atom. The number of imidazole rings is 1. The van der Waals surface area contributed by atoms with Crippen LogP contribution in [0.1, 0.15) is 10.5 Å². The van der Waals surface area contributed by atoms with Gasteiger partial charge in [0.25, 0.3) is 5.91 Å². The maximum atomic E-state index is 12.7. The lowest BCUT2D eigenvalue weighted by molar-refractivity contribution is 0.0988. The van der Waals surface area contributed by atoms with Gasteiger partial charge >= 0.3 is 0 Å². The number of carbonyl (C=O) groups is 1. The van der Waals surface area contributed by atoms with Crippen molar-refractivity contribution in [3.8, 4) is 0 Å². The summed E-state index contributed by atoms with van der Waals surface area (Å²) in [7, 11) is 1.62. The highest BCUT2D eigenvalue weighted by molar-refractivity contribution is 6.04. The molecule has 0 aliphatic carbocycles. The molecule has 0 aliphatic rings. The van der Waals surface area contributed by atoms with E-state index in [-0.39, 0.29) is 11.7 Å². The SMILES string of the molecule is CN(C(=O)c1cnc[nH]1)c1ccc(F)cc1. The average Bonchev–Trinajstić information content (AvgIpc) is 2.81. The number of halogens is 1. The van der Waals surface area contributed by atoms with E-state index in [0.29, 0.717) is 11.4 Å². The van der Waals surface area contributed by atoms with Crippen LogP contribution in [0.3, 0.4) is 0 Å². The molecule has 1 N–H and O–H groups in total. The van der Waals surface area contributed by atoms with Crippen LogP contribution in [-0.4, -0.2) is 22.9 Å². The molecule has 0 radical (unpaired) electrons. The van der Waals surface area contributed by atoms with E-state index in [1.165, 1.54) is 29.6 Å². The van der Waals surface area contributed by atoms with Gasteiger partial charge in [0.2, 0.25) is 0 Å². The minimum Gasteiger partial charge on any atom is -0.341 e. The fraction of sp³-hybridized carbons (Fsp3) is 0.0909. The standard InChI is InChI=1S/C11H10FN3O/c1-15(9-4-2-8(12)3-5-9)11(16)10-6-13-7-14-10/h2-7H,1H3,(H,13,14). The molecule has 1 aromatic heterocycles. The quantitative estimate of drug-likeness (QED) is 0.837. The van der Waals surface area contributed by atoms with Crippen LogP contribution in [0.25, 0.3) is 0 Å². The van der Waals surface area contributed by atoms with Gasteiger partial charge in [-0.05, 0) is 24.3 Å². The number of aromatic nitrogens is 2. The highest BCUT2D eigenvalue weighted by Crippen LogP contribution is 2.14. The molecule has 0 spiro atoms. The molecule has 0 saturated carbocycles. The molecule has 0 saturated heterocycles. The Labute approximate surface area is 91.7 Å². The first-order valence-electron chi connectivity index (χ1n) is 4.70. The summed E-state index contributed by atoms with van der Waals surface area (Å²) in [6, 6.07) is 5.71. The first-order chi connectivity index (χ1) is 7.68. The van der Waals surface area contributed by atoms with Gasteiger partial charge in [0, 0.05) is 12.7 Å². The summed E-state index contributed by atoms with van der Waals surface area (Å²) >= 11 is 0. The maximum Gasteiger partial charge on any atom is 0.276 e. The zero-order chi connectivity index (χ0) is 11.5. The molecule has 0 fully saturated rings. The minimum absolute atomic E-state index is 0.218. The zero-order valence-electron chi connectivity index (χ0n) is 8.64. The van der Waals surface area contributed by atoms with Gasteiger partial charge in [0.15, 0.2) is 0 Å². The number of anilines is 1. The third-order valence-electron chi connectivity index (χ3n) is 2.25. The Balaban J connectivity index is 2.22. The van der Waals surface area contributed by atoms with Crippen LogP contribution in [0.15, 0.2) is 36.8 Å². The Hall–Kier alpha value is -2.17. The van der Waals surface area contributed by atoms with Gasteiger partial charge in [0.05, 0.1) is 12.5 Å². The predicted octanol–water partition coefficient (Wildman–Crippen LogP) is 1.83. The Bertz CT molecular complexity index is 478. The van der Waals surface area contributed by atoms with E-state index in [9.17, 15) is 9.18 Å². The second-order valence-corrected chi connectivity index (χ2v) is 3.31. The molecule has 5 heteroatoms. The fourth-order valence-electron chi connectivity index (χ4n) is 1.34. The highest BCUT2D eigenvalue weighted by atomic mass is 19.1. The van der Waals surface area contributed by atoms with Crippen LogP contribution in [0.4, 0.5) is 10.1 Å². The number of aromatic amines is 1. The third kappa shape index (κ3) is 1.93. The zero-order valence-corrected chi connectivity index (χ0v) is 8.64. The van der Waals surface area contributed by atoms with E-state index in [2.05, 4.69) is 9.97 Å². The molecular formula is C11H10FN3O. The summed E-state index contributed by atoms with van der Waals surface area (Å²) in [6.45, 7) is 0. The molecular weight excluding hydrogens is 209 g/mol. The molecule has 1 heterocycles. The van der Waals surface area contributed by atoms with Crippen LogP contribution in [0, 0.1) is 5.82 Å². The molecule has 2 aromatic rings. The van der Waals surface area contributed by atoms with Crippen molar-refractivity contribution < 1.29 is 9.18 Å². The first kappa shape index (κ1) is 10.4. The van der Waals surface area contributed by atoms with Crippen LogP contribution in [0.5, 0.6) is 0 Å². The number of hydrogen-bond donors (Lipinski definition) is 1. The summed E-state index contributed by atoms with van der Waals surface area (Å²) < 4.78 is 12.7. The summed E-state index contributed by atoms with van der Waals surface area (Å²) in [5, 5.41) is 0. The van der Waals surface area contributed by atoms with Gasteiger partial charge in [0.1, 0.15) is 11.5 Å². The summed E-state index contributed by atoms with van der Waals surface area (Å²) in [6.07, 6.45) is 2.88. The van der Waals surface area contributed by atoms with E-state index in [0.717, 1.165) is 0 Å². The highest BCUT2D eigenvalue weighted by Gasteiger charge is 2.14. The number of carbonyl (C=O) groups excluding carboxylic acids is 1. The number of rotatable bonds is 2. The largest absolute Gasteiger partial charge is 0.341 e. The minimum atomic E-state index is -0.328. The van der Waals surface area contributed by atoms with Crippen LogP contribution < -0.4 is 4.90 Å². The number of benzene rings is 1. The molecule has 0 unspecified atom stereocenters. The normalized spacial score (nSPS) is 10.1. The van der Waals surface area contributed by atoms with Crippen molar-refractivity contribution in [2.24, 2.45) is 0 Å². The maximum absolute atomic E-state index is 12.7. The number of nitrogens with one attached hydrogen (secondary N) is 1. The van der Waals surface area contributed by atoms with Crippen LogP contribution in [0.2, 0.25) is 0 Å². The summed E-state index contributed by atoms with van der Waals surface area (Å²) in [4.78, 5) is 19.8. The lowest BCUT2D eigenvalue weighted by Gasteiger charge is -2.15. The van der Waals surface area contributed by atoms with E-state index < -0.39 is 0 Å². The van der Waals surface area contributed by atoms with Gasteiger partial charge in [-0.3, -0.25) is 4.79 Å². The average molecular weight is 219 g/mol. The summed E-state index contributed by atoms with van der Waals surface area (Å²) in [5.74, 6) is -0.546. The number of H-pyrrole nitrogens is 1. The molecule has 0 atom stereocenters. The van der Waals surface area contributed by atoms with Gasteiger partial charge < -0.3 is 9.88 Å². The third-order valence-corrected chi connectivity index (χ3v) is 2.25. The van der Waals surface area contributed by atoms with Gasteiger partial charge in [-0.1, -0.05) is 0 Å². The Morgan fingerprint density at radius 2 is 2.06 bits per heavy atom.